The molecule has 3 aromatic carbocycles. The second kappa shape index (κ2) is 15.0. The van der Waals surface area contributed by atoms with Gasteiger partial charge in [-0.25, -0.2) is 0 Å². The molecule has 0 aliphatic heterocycles. The standard InChI is InChI=1S/C36H51N/c1-7-13-28-19-29(14-8-2)23-34(22-28)37(35-24-30(15-9-3)20-31(25-35)16-10-4)36-26-32(17-11-5)21-33(27-36)18-12-6/h19-27H,7-18H2,1-6H3. The molecule has 0 heterocycles. The van der Waals surface area contributed by atoms with Crippen LogP contribution in [0, 0.1) is 0 Å². The van der Waals surface area contributed by atoms with Crippen LogP contribution in [-0.2, 0) is 38.5 Å². The van der Waals surface area contributed by atoms with Crippen LogP contribution in [0.4, 0.5) is 17.1 Å². The average Bonchev–Trinajstić information content (AvgIpc) is 2.85. The zero-order valence-electron chi connectivity index (χ0n) is 24.6. The van der Waals surface area contributed by atoms with Crippen LogP contribution in [0.25, 0.3) is 0 Å². The molecule has 0 aromatic heterocycles. The third-order valence-corrected chi connectivity index (χ3v) is 7.12. The Balaban J connectivity index is 2.30. The van der Waals surface area contributed by atoms with Crippen molar-refractivity contribution in [3.05, 3.63) is 88.0 Å². The van der Waals surface area contributed by atoms with Gasteiger partial charge in [0.15, 0.2) is 0 Å². The van der Waals surface area contributed by atoms with E-state index in [1.54, 1.807) is 0 Å². The normalized spacial score (nSPS) is 11.2. The Kier molecular flexibility index (Phi) is 11.8. The van der Waals surface area contributed by atoms with Crippen molar-refractivity contribution < 1.29 is 0 Å². The summed E-state index contributed by atoms with van der Waals surface area (Å²) in [6, 6.07) is 22.1. The second-order valence-electron chi connectivity index (χ2n) is 10.9. The van der Waals surface area contributed by atoms with Crippen molar-refractivity contribution in [3.8, 4) is 0 Å². The van der Waals surface area contributed by atoms with Gasteiger partial charge in [0.1, 0.15) is 0 Å². The Bertz CT molecular complexity index is 895. The lowest BCUT2D eigenvalue weighted by molar-refractivity contribution is 0.889. The van der Waals surface area contributed by atoms with Crippen LogP contribution in [-0.4, -0.2) is 0 Å². The summed E-state index contributed by atoms with van der Waals surface area (Å²) in [5.74, 6) is 0. The molecule has 0 bridgehead atoms. The summed E-state index contributed by atoms with van der Waals surface area (Å²) in [5.41, 5.74) is 12.7. The zero-order valence-corrected chi connectivity index (χ0v) is 24.6. The van der Waals surface area contributed by atoms with E-state index in [0.717, 1.165) is 38.5 Å². The lowest BCUT2D eigenvalue weighted by atomic mass is 9.98. The summed E-state index contributed by atoms with van der Waals surface area (Å²) in [7, 11) is 0. The largest absolute Gasteiger partial charge is 0.310 e. The van der Waals surface area contributed by atoms with Gasteiger partial charge in [-0.1, -0.05) is 98.3 Å². The summed E-state index contributed by atoms with van der Waals surface area (Å²) in [4.78, 5) is 2.58. The number of hydrogen-bond donors (Lipinski definition) is 0. The molecule has 0 atom stereocenters. The van der Waals surface area contributed by atoms with E-state index in [-0.39, 0.29) is 0 Å². The van der Waals surface area contributed by atoms with Crippen LogP contribution in [0.1, 0.15) is 113 Å². The Morgan fingerprint density at radius 1 is 0.324 bits per heavy atom. The first kappa shape index (κ1) is 29.0. The van der Waals surface area contributed by atoms with Crippen molar-refractivity contribution in [1.29, 1.82) is 0 Å². The molecule has 37 heavy (non-hydrogen) atoms. The van der Waals surface area contributed by atoms with Crippen molar-refractivity contribution in [3.63, 3.8) is 0 Å². The maximum absolute atomic E-state index is 2.58. The van der Waals surface area contributed by atoms with Gasteiger partial charge in [0, 0.05) is 17.1 Å². The molecule has 1 heteroatoms. The number of nitrogens with zero attached hydrogens (tertiary/aromatic N) is 1. The first-order valence-electron chi connectivity index (χ1n) is 15.2. The van der Waals surface area contributed by atoms with Crippen LogP contribution < -0.4 is 4.90 Å². The smallest absolute Gasteiger partial charge is 0.0467 e. The number of hydrogen-bond acceptors (Lipinski definition) is 1. The average molecular weight is 498 g/mol. The molecule has 0 spiro atoms. The summed E-state index contributed by atoms with van der Waals surface area (Å²) in [6.45, 7) is 13.8. The monoisotopic (exact) mass is 497 g/mol. The van der Waals surface area contributed by atoms with Gasteiger partial charge in [-0.2, -0.15) is 0 Å². The van der Waals surface area contributed by atoms with Gasteiger partial charge in [0.2, 0.25) is 0 Å². The van der Waals surface area contributed by atoms with Gasteiger partial charge in [-0.05, 0) is 108 Å². The molecule has 0 N–H and O–H groups in total. The topological polar surface area (TPSA) is 3.24 Å². The molecule has 0 saturated carbocycles. The molecule has 0 fully saturated rings. The molecular formula is C36H51N. The van der Waals surface area contributed by atoms with E-state index in [0.29, 0.717) is 0 Å². The third-order valence-electron chi connectivity index (χ3n) is 7.12. The highest BCUT2D eigenvalue weighted by Crippen LogP contribution is 2.38. The lowest BCUT2D eigenvalue weighted by Crippen LogP contribution is -2.13. The fourth-order valence-corrected chi connectivity index (χ4v) is 5.66. The Hall–Kier alpha value is -2.54. The predicted octanol–water partition coefficient (Wildman–Crippen LogP) is 10.9. The highest BCUT2D eigenvalue weighted by Gasteiger charge is 2.17. The van der Waals surface area contributed by atoms with Gasteiger partial charge in [0.05, 0.1) is 0 Å². The number of aryl methyl sites for hydroxylation is 6. The van der Waals surface area contributed by atoms with Gasteiger partial charge in [-0.15, -0.1) is 0 Å². The van der Waals surface area contributed by atoms with Crippen molar-refractivity contribution >= 4 is 17.1 Å². The predicted molar refractivity (Wildman–Crippen MR) is 165 cm³/mol. The van der Waals surface area contributed by atoms with E-state index < -0.39 is 0 Å². The quantitative estimate of drug-likeness (QED) is 0.202. The van der Waals surface area contributed by atoms with Crippen molar-refractivity contribution in [2.75, 3.05) is 4.90 Å². The van der Waals surface area contributed by atoms with Crippen LogP contribution in [0.15, 0.2) is 54.6 Å². The molecule has 0 aliphatic rings. The van der Waals surface area contributed by atoms with E-state index in [1.165, 1.54) is 89.0 Å². The number of anilines is 3. The second-order valence-corrected chi connectivity index (χ2v) is 10.9. The Morgan fingerprint density at radius 3 is 0.676 bits per heavy atom. The van der Waals surface area contributed by atoms with Gasteiger partial charge < -0.3 is 4.90 Å². The van der Waals surface area contributed by atoms with Crippen molar-refractivity contribution in [1.82, 2.24) is 0 Å². The van der Waals surface area contributed by atoms with Crippen LogP contribution in [0.5, 0.6) is 0 Å². The van der Waals surface area contributed by atoms with Gasteiger partial charge in [-0.3, -0.25) is 0 Å². The van der Waals surface area contributed by atoms with E-state index in [4.69, 9.17) is 0 Å². The molecule has 200 valence electrons. The fraction of sp³-hybridized carbons (Fsp3) is 0.500. The highest BCUT2D eigenvalue weighted by molar-refractivity contribution is 5.78. The lowest BCUT2D eigenvalue weighted by Gasteiger charge is -2.29. The summed E-state index contributed by atoms with van der Waals surface area (Å²) < 4.78 is 0. The molecule has 0 unspecified atom stereocenters. The molecule has 1 nitrogen and oxygen atoms in total. The first-order valence-corrected chi connectivity index (χ1v) is 15.2. The minimum Gasteiger partial charge on any atom is -0.310 e. The van der Waals surface area contributed by atoms with Crippen LogP contribution >= 0.6 is 0 Å². The SMILES string of the molecule is CCCc1cc(CCC)cc(N(c2cc(CCC)cc(CCC)c2)c2cc(CCC)cc(CCC)c2)c1. The van der Waals surface area contributed by atoms with Crippen molar-refractivity contribution in [2.24, 2.45) is 0 Å². The minimum absolute atomic E-state index is 1.13. The van der Waals surface area contributed by atoms with Crippen LogP contribution in [0.2, 0.25) is 0 Å². The molecule has 0 amide bonds. The maximum Gasteiger partial charge on any atom is 0.0467 e. The van der Waals surface area contributed by atoms with E-state index in [9.17, 15) is 0 Å². The van der Waals surface area contributed by atoms with E-state index in [1.807, 2.05) is 0 Å². The Morgan fingerprint density at radius 2 is 0.514 bits per heavy atom. The van der Waals surface area contributed by atoms with E-state index >= 15 is 0 Å². The molecule has 3 rings (SSSR count). The Labute approximate surface area is 228 Å². The van der Waals surface area contributed by atoms with Crippen molar-refractivity contribution in [2.45, 2.75) is 119 Å². The molecule has 0 aliphatic carbocycles. The van der Waals surface area contributed by atoms with Crippen LogP contribution in [0.3, 0.4) is 0 Å². The van der Waals surface area contributed by atoms with E-state index in [2.05, 4.69) is 101 Å². The first-order chi connectivity index (χ1) is 18.0. The van der Waals surface area contributed by atoms with Gasteiger partial charge in [0.25, 0.3) is 0 Å². The zero-order chi connectivity index (χ0) is 26.6. The fourth-order valence-electron chi connectivity index (χ4n) is 5.66. The number of rotatable bonds is 15. The molecular weight excluding hydrogens is 446 g/mol. The van der Waals surface area contributed by atoms with Gasteiger partial charge >= 0.3 is 0 Å². The summed E-state index contributed by atoms with van der Waals surface area (Å²) in [5, 5.41) is 0. The third kappa shape index (κ3) is 8.22. The minimum atomic E-state index is 1.13. The molecule has 3 aromatic rings. The summed E-state index contributed by atoms with van der Waals surface area (Å²) in [6.07, 6.45) is 13.8. The molecule has 0 saturated heterocycles. The molecule has 0 radical (unpaired) electrons. The highest BCUT2D eigenvalue weighted by atomic mass is 15.1. The number of benzene rings is 3. The maximum atomic E-state index is 2.58. The summed E-state index contributed by atoms with van der Waals surface area (Å²) >= 11 is 0.